The van der Waals surface area contributed by atoms with Gasteiger partial charge in [0.1, 0.15) is 5.69 Å². The Labute approximate surface area is 65.9 Å². The van der Waals surface area contributed by atoms with Crippen molar-refractivity contribution in [2.75, 3.05) is 0 Å². The van der Waals surface area contributed by atoms with Gasteiger partial charge in [-0.05, 0) is 18.9 Å². The highest BCUT2D eigenvalue weighted by molar-refractivity contribution is 5.34. The maximum Gasteiger partial charge on any atom is 0.118 e. The molecule has 1 aromatic rings. The smallest absolute Gasteiger partial charge is 0.118 e. The summed E-state index contributed by atoms with van der Waals surface area (Å²) in [4.78, 5) is 4.07. The van der Waals surface area contributed by atoms with Crippen molar-refractivity contribution in [2.45, 2.75) is 13.5 Å². The number of aryl methyl sites for hydroxylation is 1. The van der Waals surface area contributed by atoms with Gasteiger partial charge in [0.15, 0.2) is 0 Å². The van der Waals surface area contributed by atoms with Gasteiger partial charge in [0.25, 0.3) is 0 Å². The van der Waals surface area contributed by atoms with Crippen molar-refractivity contribution in [3.8, 4) is 12.3 Å². The summed E-state index contributed by atoms with van der Waals surface area (Å²) in [6, 6.07) is 3.62. The van der Waals surface area contributed by atoms with Crippen LogP contribution in [0, 0.1) is 19.3 Å². The van der Waals surface area contributed by atoms with Gasteiger partial charge in [0.2, 0.25) is 0 Å². The van der Waals surface area contributed by atoms with Crippen LogP contribution in [0.3, 0.4) is 0 Å². The number of hydrogen-bond acceptors (Lipinski definition) is 2. The molecule has 0 bridgehead atoms. The molecule has 56 valence electrons. The van der Waals surface area contributed by atoms with Crippen molar-refractivity contribution in [2.24, 2.45) is 0 Å². The molecule has 0 fully saturated rings. The summed E-state index contributed by atoms with van der Waals surface area (Å²) in [5, 5.41) is 8.80. The third-order valence-electron chi connectivity index (χ3n) is 1.43. The lowest BCUT2D eigenvalue weighted by atomic mass is 10.2. The molecule has 1 N–H and O–H groups in total. The Bertz CT molecular complexity index is 299. The molecule has 0 atom stereocenters. The minimum Gasteiger partial charge on any atom is -0.392 e. The van der Waals surface area contributed by atoms with Crippen LogP contribution >= 0.6 is 0 Å². The van der Waals surface area contributed by atoms with Gasteiger partial charge in [0.05, 0.1) is 6.61 Å². The number of terminal acetylenes is 1. The van der Waals surface area contributed by atoms with Gasteiger partial charge in [-0.1, -0.05) is 6.07 Å². The van der Waals surface area contributed by atoms with E-state index in [-0.39, 0.29) is 6.61 Å². The van der Waals surface area contributed by atoms with Crippen LogP contribution in [0.1, 0.15) is 17.0 Å². The fourth-order valence-electron chi connectivity index (χ4n) is 0.838. The highest BCUT2D eigenvalue weighted by atomic mass is 16.3. The first-order valence-electron chi connectivity index (χ1n) is 3.32. The van der Waals surface area contributed by atoms with Gasteiger partial charge in [-0.15, -0.1) is 6.42 Å². The van der Waals surface area contributed by atoms with Crippen molar-refractivity contribution in [1.82, 2.24) is 4.98 Å². The number of pyridine rings is 1. The number of aliphatic hydroxyl groups is 1. The second-order valence-electron chi connectivity index (χ2n) is 2.26. The van der Waals surface area contributed by atoms with E-state index in [9.17, 15) is 0 Å². The second-order valence-corrected chi connectivity index (χ2v) is 2.26. The van der Waals surface area contributed by atoms with E-state index in [2.05, 4.69) is 10.9 Å². The molecule has 0 aliphatic carbocycles. The molecule has 0 aliphatic heterocycles. The van der Waals surface area contributed by atoms with Crippen molar-refractivity contribution in [3.05, 3.63) is 29.1 Å². The normalized spacial score (nSPS) is 9.18. The number of rotatable bonds is 1. The van der Waals surface area contributed by atoms with Gasteiger partial charge < -0.3 is 5.11 Å². The van der Waals surface area contributed by atoms with Crippen molar-refractivity contribution in [3.63, 3.8) is 0 Å². The predicted octanol–water partition coefficient (Wildman–Crippen LogP) is 0.864. The Balaban J connectivity index is 3.19. The van der Waals surface area contributed by atoms with E-state index in [1.807, 2.05) is 13.0 Å². The largest absolute Gasteiger partial charge is 0.392 e. The zero-order valence-electron chi connectivity index (χ0n) is 6.33. The average Bonchev–Trinajstić information content (AvgIpc) is 2.04. The molecule has 2 nitrogen and oxygen atoms in total. The van der Waals surface area contributed by atoms with Gasteiger partial charge in [0, 0.05) is 11.3 Å². The fourth-order valence-corrected chi connectivity index (χ4v) is 0.838. The molecule has 0 radical (unpaired) electrons. The van der Waals surface area contributed by atoms with Crippen molar-refractivity contribution >= 4 is 0 Å². The van der Waals surface area contributed by atoms with Crippen molar-refractivity contribution < 1.29 is 5.11 Å². The minimum absolute atomic E-state index is 0.0488. The van der Waals surface area contributed by atoms with E-state index >= 15 is 0 Å². The van der Waals surface area contributed by atoms with E-state index in [4.69, 9.17) is 11.5 Å². The van der Waals surface area contributed by atoms with Gasteiger partial charge in [-0.3, -0.25) is 0 Å². The maximum atomic E-state index is 8.80. The SMILES string of the molecule is C#Cc1nc(C)ccc1CO. The van der Waals surface area contributed by atoms with E-state index in [1.165, 1.54) is 0 Å². The number of aliphatic hydroxyl groups excluding tert-OH is 1. The van der Waals surface area contributed by atoms with Gasteiger partial charge in [-0.25, -0.2) is 4.98 Å². The first kappa shape index (κ1) is 7.77. The lowest BCUT2D eigenvalue weighted by Crippen LogP contribution is -1.94. The van der Waals surface area contributed by atoms with Crippen LogP contribution in [-0.4, -0.2) is 10.1 Å². The molecule has 1 rings (SSSR count). The molecule has 0 unspecified atom stereocenters. The third kappa shape index (κ3) is 1.57. The highest BCUT2D eigenvalue weighted by Crippen LogP contribution is 2.05. The molecule has 1 aromatic heterocycles. The highest BCUT2D eigenvalue weighted by Gasteiger charge is 1.98. The Morgan fingerprint density at radius 2 is 2.36 bits per heavy atom. The fraction of sp³-hybridized carbons (Fsp3) is 0.222. The molecule has 0 aliphatic rings. The summed E-state index contributed by atoms with van der Waals surface area (Å²) in [5.41, 5.74) is 2.11. The van der Waals surface area contributed by atoms with Crippen LogP contribution in [0.4, 0.5) is 0 Å². The lowest BCUT2D eigenvalue weighted by molar-refractivity contribution is 0.281. The molecule has 11 heavy (non-hydrogen) atoms. The van der Waals surface area contributed by atoms with Gasteiger partial charge >= 0.3 is 0 Å². The summed E-state index contributed by atoms with van der Waals surface area (Å²) in [5.74, 6) is 2.42. The van der Waals surface area contributed by atoms with Crippen LogP contribution < -0.4 is 0 Å². The Hall–Kier alpha value is -1.33. The summed E-state index contributed by atoms with van der Waals surface area (Å²) in [7, 11) is 0. The van der Waals surface area contributed by atoms with E-state index < -0.39 is 0 Å². The summed E-state index contributed by atoms with van der Waals surface area (Å²) >= 11 is 0. The monoisotopic (exact) mass is 147 g/mol. The van der Waals surface area contributed by atoms with Crippen molar-refractivity contribution in [1.29, 1.82) is 0 Å². The molecule has 1 heterocycles. The van der Waals surface area contributed by atoms with E-state index in [1.54, 1.807) is 6.07 Å². The van der Waals surface area contributed by atoms with Crippen LogP contribution in [0.2, 0.25) is 0 Å². The summed E-state index contributed by atoms with van der Waals surface area (Å²) in [6.07, 6.45) is 5.17. The molecule has 0 aromatic carbocycles. The maximum absolute atomic E-state index is 8.80. The minimum atomic E-state index is -0.0488. The zero-order valence-corrected chi connectivity index (χ0v) is 6.33. The first-order valence-corrected chi connectivity index (χ1v) is 3.32. The number of aromatic nitrogens is 1. The predicted molar refractivity (Wildman–Crippen MR) is 42.8 cm³/mol. The first-order chi connectivity index (χ1) is 5.27. The molecular formula is C9H9NO. The zero-order chi connectivity index (χ0) is 8.27. The molecule has 0 saturated carbocycles. The average molecular weight is 147 g/mol. The standard InChI is InChI=1S/C9H9NO/c1-3-9-8(6-11)5-4-7(2)10-9/h1,4-5,11H,6H2,2H3. The molecule has 0 spiro atoms. The molecule has 0 amide bonds. The number of hydrogen-bond donors (Lipinski definition) is 1. The Morgan fingerprint density at radius 1 is 1.64 bits per heavy atom. The Morgan fingerprint density at radius 3 is 2.91 bits per heavy atom. The van der Waals surface area contributed by atoms with Crippen LogP contribution in [0.5, 0.6) is 0 Å². The van der Waals surface area contributed by atoms with Crippen LogP contribution in [-0.2, 0) is 6.61 Å². The van der Waals surface area contributed by atoms with Crippen LogP contribution in [0.15, 0.2) is 12.1 Å². The Kier molecular flexibility index (Phi) is 2.25. The summed E-state index contributed by atoms with van der Waals surface area (Å²) in [6.45, 7) is 1.81. The third-order valence-corrected chi connectivity index (χ3v) is 1.43. The van der Waals surface area contributed by atoms with E-state index in [0.29, 0.717) is 11.3 Å². The second kappa shape index (κ2) is 3.18. The summed E-state index contributed by atoms with van der Waals surface area (Å²) < 4.78 is 0. The molecule has 2 heteroatoms. The van der Waals surface area contributed by atoms with E-state index in [0.717, 1.165) is 5.69 Å². The molecule has 0 saturated heterocycles. The van der Waals surface area contributed by atoms with Gasteiger partial charge in [-0.2, -0.15) is 0 Å². The van der Waals surface area contributed by atoms with Crippen LogP contribution in [0.25, 0.3) is 0 Å². The quantitative estimate of drug-likeness (QED) is 0.598. The lowest BCUT2D eigenvalue weighted by Gasteiger charge is -1.99. The molecular weight excluding hydrogens is 138 g/mol. The number of nitrogens with zero attached hydrogens (tertiary/aromatic N) is 1. The topological polar surface area (TPSA) is 33.1 Å².